The van der Waals surface area contributed by atoms with Crippen LogP contribution in [0.15, 0.2) is 78.5 Å². The van der Waals surface area contributed by atoms with Crippen LogP contribution in [0.2, 0.25) is 0 Å². The van der Waals surface area contributed by atoms with Gasteiger partial charge in [-0.1, -0.05) is 61.9 Å². The highest BCUT2D eigenvalue weighted by Crippen LogP contribution is 2.37. The lowest BCUT2D eigenvalue weighted by atomic mass is 9.98. The topological polar surface area (TPSA) is 40.6 Å². The van der Waals surface area contributed by atoms with E-state index in [4.69, 9.17) is 0 Å². The fraction of sp³-hybridized carbons (Fsp3) is 0.241. The molecule has 0 aliphatic carbocycles. The van der Waals surface area contributed by atoms with Crippen LogP contribution < -0.4 is 4.90 Å². The van der Waals surface area contributed by atoms with Crippen molar-refractivity contribution in [1.82, 2.24) is 4.90 Å². The SMILES string of the molecule is CCCCc1ccc(N2C(=O)C(c3ccc(F)cc3)=C(N3CCc4ccccc4C3)C2=O)cc1. The molecule has 5 heteroatoms. The van der Waals surface area contributed by atoms with Crippen LogP contribution >= 0.6 is 0 Å². The number of hydrogen-bond acceptors (Lipinski definition) is 3. The molecule has 2 aliphatic heterocycles. The van der Waals surface area contributed by atoms with E-state index in [9.17, 15) is 14.0 Å². The summed E-state index contributed by atoms with van der Waals surface area (Å²) in [5, 5.41) is 0. The van der Waals surface area contributed by atoms with Gasteiger partial charge in [0, 0.05) is 13.1 Å². The molecule has 0 fully saturated rings. The maximum absolute atomic E-state index is 13.8. The monoisotopic (exact) mass is 454 g/mol. The third-order valence-corrected chi connectivity index (χ3v) is 6.65. The van der Waals surface area contributed by atoms with Crippen molar-refractivity contribution < 1.29 is 14.0 Å². The highest BCUT2D eigenvalue weighted by Gasteiger charge is 2.43. The van der Waals surface area contributed by atoms with Gasteiger partial charge in [-0.05, 0) is 65.8 Å². The molecule has 0 spiro atoms. The smallest absolute Gasteiger partial charge is 0.282 e. The molecule has 0 saturated heterocycles. The second-order valence-electron chi connectivity index (χ2n) is 8.89. The van der Waals surface area contributed by atoms with E-state index < -0.39 is 0 Å². The van der Waals surface area contributed by atoms with Crippen molar-refractivity contribution in [2.75, 3.05) is 11.4 Å². The van der Waals surface area contributed by atoms with E-state index in [1.54, 1.807) is 12.1 Å². The fourth-order valence-electron chi connectivity index (χ4n) is 4.80. The first kappa shape index (κ1) is 22.1. The number of imide groups is 1. The summed E-state index contributed by atoms with van der Waals surface area (Å²) in [6.07, 6.45) is 3.97. The predicted molar refractivity (Wildman–Crippen MR) is 131 cm³/mol. The first-order valence-electron chi connectivity index (χ1n) is 11.9. The van der Waals surface area contributed by atoms with Gasteiger partial charge in [-0.2, -0.15) is 0 Å². The normalized spacial score (nSPS) is 15.8. The van der Waals surface area contributed by atoms with E-state index in [0.717, 1.165) is 31.2 Å². The summed E-state index contributed by atoms with van der Waals surface area (Å²) >= 11 is 0. The van der Waals surface area contributed by atoms with Crippen LogP contribution in [0.5, 0.6) is 0 Å². The van der Waals surface area contributed by atoms with Gasteiger partial charge in [0.25, 0.3) is 11.8 Å². The molecule has 3 aromatic carbocycles. The molecule has 0 unspecified atom stereocenters. The summed E-state index contributed by atoms with van der Waals surface area (Å²) < 4.78 is 13.6. The Morgan fingerprint density at radius 1 is 0.853 bits per heavy atom. The number of hydrogen-bond donors (Lipinski definition) is 0. The van der Waals surface area contributed by atoms with Crippen molar-refractivity contribution in [3.05, 3.63) is 107 Å². The van der Waals surface area contributed by atoms with Crippen LogP contribution in [0.25, 0.3) is 5.57 Å². The number of anilines is 1. The molecule has 0 saturated carbocycles. The zero-order valence-electron chi connectivity index (χ0n) is 19.3. The van der Waals surface area contributed by atoms with Crippen LogP contribution in [0.1, 0.15) is 42.0 Å². The quantitative estimate of drug-likeness (QED) is 0.461. The van der Waals surface area contributed by atoms with E-state index in [-0.39, 0.29) is 17.6 Å². The van der Waals surface area contributed by atoms with Gasteiger partial charge >= 0.3 is 0 Å². The zero-order valence-corrected chi connectivity index (χ0v) is 19.3. The number of carbonyl (C=O) groups is 2. The summed E-state index contributed by atoms with van der Waals surface area (Å²) in [4.78, 5) is 30.7. The molecule has 34 heavy (non-hydrogen) atoms. The minimum absolute atomic E-state index is 0.329. The van der Waals surface area contributed by atoms with Gasteiger partial charge in [0.1, 0.15) is 11.5 Å². The third-order valence-electron chi connectivity index (χ3n) is 6.65. The second-order valence-corrected chi connectivity index (χ2v) is 8.89. The molecule has 3 aromatic rings. The van der Waals surface area contributed by atoms with Gasteiger partial charge in [0.2, 0.25) is 0 Å². The standard InChI is InChI=1S/C29H27FN2O2/c1-2-3-6-20-9-15-25(16-10-20)32-28(33)26(22-11-13-24(30)14-12-22)27(29(32)34)31-18-17-21-7-4-5-8-23(21)19-31/h4-5,7-16H,2-3,6,17-19H2,1H3. The van der Waals surface area contributed by atoms with E-state index >= 15 is 0 Å². The van der Waals surface area contributed by atoms with Gasteiger partial charge < -0.3 is 4.90 Å². The minimum Gasteiger partial charge on any atom is -0.362 e. The molecule has 0 N–H and O–H groups in total. The average Bonchev–Trinajstić information content (AvgIpc) is 3.13. The fourth-order valence-corrected chi connectivity index (χ4v) is 4.80. The Hall–Kier alpha value is -3.73. The Balaban J connectivity index is 1.54. The highest BCUT2D eigenvalue weighted by molar-refractivity contribution is 6.45. The van der Waals surface area contributed by atoms with Crippen LogP contribution in [0.3, 0.4) is 0 Å². The van der Waals surface area contributed by atoms with Crippen LogP contribution in [-0.4, -0.2) is 23.3 Å². The number of carbonyl (C=O) groups excluding carboxylic acids is 2. The number of halogens is 1. The summed E-state index contributed by atoms with van der Waals surface area (Å²) in [6.45, 7) is 3.35. The van der Waals surface area contributed by atoms with Crippen molar-refractivity contribution in [3.63, 3.8) is 0 Å². The lowest BCUT2D eigenvalue weighted by Crippen LogP contribution is -2.37. The van der Waals surface area contributed by atoms with Gasteiger partial charge in [-0.25, -0.2) is 9.29 Å². The summed E-state index contributed by atoms with van der Waals surface area (Å²) in [5.41, 5.74) is 5.43. The molecule has 0 bridgehead atoms. The van der Waals surface area contributed by atoms with Gasteiger partial charge in [-0.3, -0.25) is 9.59 Å². The maximum atomic E-state index is 13.8. The largest absolute Gasteiger partial charge is 0.362 e. The highest BCUT2D eigenvalue weighted by atomic mass is 19.1. The molecule has 4 nitrogen and oxygen atoms in total. The van der Waals surface area contributed by atoms with Gasteiger partial charge in [-0.15, -0.1) is 0 Å². The Morgan fingerprint density at radius 3 is 2.26 bits per heavy atom. The van der Waals surface area contributed by atoms with E-state index in [2.05, 4.69) is 19.1 Å². The number of amides is 2. The van der Waals surface area contributed by atoms with Crippen LogP contribution in [0, 0.1) is 5.82 Å². The zero-order chi connectivity index (χ0) is 23.7. The van der Waals surface area contributed by atoms with Crippen molar-refractivity contribution in [3.8, 4) is 0 Å². The number of unbranched alkanes of at least 4 members (excludes halogenated alkanes) is 1. The Kier molecular flexibility index (Phi) is 6.01. The molecule has 2 amide bonds. The Morgan fingerprint density at radius 2 is 1.56 bits per heavy atom. The van der Waals surface area contributed by atoms with Gasteiger partial charge in [0.15, 0.2) is 0 Å². The first-order valence-corrected chi connectivity index (χ1v) is 11.9. The maximum Gasteiger partial charge on any atom is 0.282 e. The number of aryl methyl sites for hydroxylation is 1. The van der Waals surface area contributed by atoms with Crippen molar-refractivity contribution in [2.24, 2.45) is 0 Å². The molecule has 0 aromatic heterocycles. The molecule has 0 radical (unpaired) electrons. The van der Waals surface area contributed by atoms with Gasteiger partial charge in [0.05, 0.1) is 11.3 Å². The lowest BCUT2D eigenvalue weighted by molar-refractivity contribution is -0.120. The third kappa shape index (κ3) is 4.03. The molecular weight excluding hydrogens is 427 g/mol. The minimum atomic E-state index is -0.380. The summed E-state index contributed by atoms with van der Waals surface area (Å²) in [6, 6.07) is 21.6. The Labute approximate surface area is 199 Å². The number of benzene rings is 3. The number of fused-ring (bicyclic) bond motifs is 1. The first-order chi connectivity index (χ1) is 16.6. The summed E-state index contributed by atoms with van der Waals surface area (Å²) in [7, 11) is 0. The Bertz CT molecular complexity index is 1260. The number of nitrogens with zero attached hydrogens (tertiary/aromatic N) is 2. The molecular formula is C29H27FN2O2. The molecule has 172 valence electrons. The van der Waals surface area contributed by atoms with Crippen molar-refractivity contribution >= 4 is 23.1 Å². The van der Waals surface area contributed by atoms with Crippen LogP contribution in [-0.2, 0) is 29.0 Å². The van der Waals surface area contributed by atoms with Crippen molar-refractivity contribution in [1.29, 1.82) is 0 Å². The van der Waals surface area contributed by atoms with E-state index in [1.165, 1.54) is 28.2 Å². The molecule has 2 heterocycles. The van der Waals surface area contributed by atoms with Crippen LogP contribution in [0.4, 0.5) is 10.1 Å². The molecule has 0 atom stereocenters. The van der Waals surface area contributed by atoms with E-state index in [0.29, 0.717) is 35.6 Å². The average molecular weight is 455 g/mol. The number of rotatable bonds is 6. The predicted octanol–water partition coefficient (Wildman–Crippen LogP) is 5.51. The summed E-state index contributed by atoms with van der Waals surface area (Å²) in [5.74, 6) is -1.08. The molecule has 5 rings (SSSR count). The lowest BCUT2D eigenvalue weighted by Gasteiger charge is -2.31. The molecule has 2 aliphatic rings. The van der Waals surface area contributed by atoms with E-state index in [1.807, 2.05) is 41.3 Å². The second kappa shape index (κ2) is 9.26. The van der Waals surface area contributed by atoms with Crippen molar-refractivity contribution in [2.45, 2.75) is 39.2 Å².